The van der Waals surface area contributed by atoms with Gasteiger partial charge in [0.1, 0.15) is 0 Å². The standard InChI is InChI=1S/C12H19BO2/c1-7-9-10(8-2)13-14-11(3,4)12(5,6)15-13/h7-9H,1-2H2,3-6H3/b10-9+. The number of rotatable bonds is 3. The van der Waals surface area contributed by atoms with Crippen LogP contribution < -0.4 is 0 Å². The quantitative estimate of drug-likeness (QED) is 0.522. The van der Waals surface area contributed by atoms with E-state index in [4.69, 9.17) is 9.31 Å². The fourth-order valence-electron chi connectivity index (χ4n) is 1.36. The molecule has 0 N–H and O–H groups in total. The Balaban J connectivity index is 2.91. The summed E-state index contributed by atoms with van der Waals surface area (Å²) in [6, 6.07) is 0. The van der Waals surface area contributed by atoms with Crippen LogP contribution in [0.2, 0.25) is 0 Å². The second-order valence-corrected chi connectivity index (χ2v) is 4.69. The molecule has 0 radical (unpaired) electrons. The molecular weight excluding hydrogens is 187 g/mol. The maximum atomic E-state index is 5.86. The van der Waals surface area contributed by atoms with Gasteiger partial charge >= 0.3 is 7.12 Å². The topological polar surface area (TPSA) is 18.5 Å². The van der Waals surface area contributed by atoms with Crippen LogP contribution >= 0.6 is 0 Å². The summed E-state index contributed by atoms with van der Waals surface area (Å²) in [5, 5.41) is 0. The molecule has 1 rings (SSSR count). The molecule has 82 valence electrons. The average Bonchev–Trinajstić information content (AvgIpc) is 2.32. The predicted octanol–water partition coefficient (Wildman–Crippen LogP) is 2.92. The molecule has 1 saturated heterocycles. The zero-order valence-corrected chi connectivity index (χ0v) is 10.0. The van der Waals surface area contributed by atoms with E-state index >= 15 is 0 Å². The van der Waals surface area contributed by atoms with E-state index in [1.165, 1.54) is 0 Å². The first-order valence-corrected chi connectivity index (χ1v) is 5.15. The minimum atomic E-state index is -0.342. The van der Waals surface area contributed by atoms with E-state index in [1.54, 1.807) is 12.2 Å². The number of hydrogen-bond donors (Lipinski definition) is 0. The molecule has 0 saturated carbocycles. The molecule has 0 spiro atoms. The average molecular weight is 206 g/mol. The summed E-state index contributed by atoms with van der Waals surface area (Å²) < 4.78 is 11.7. The van der Waals surface area contributed by atoms with Crippen molar-refractivity contribution in [3.8, 4) is 0 Å². The van der Waals surface area contributed by atoms with E-state index in [9.17, 15) is 0 Å². The van der Waals surface area contributed by atoms with Crippen molar-refractivity contribution in [1.29, 1.82) is 0 Å². The molecule has 0 aromatic rings. The van der Waals surface area contributed by atoms with Crippen LogP contribution in [0.15, 0.2) is 36.9 Å². The normalized spacial score (nSPS) is 24.0. The lowest BCUT2D eigenvalue weighted by Crippen LogP contribution is -2.41. The Kier molecular flexibility index (Phi) is 3.26. The van der Waals surface area contributed by atoms with Gasteiger partial charge in [-0.1, -0.05) is 31.4 Å². The van der Waals surface area contributed by atoms with Gasteiger partial charge in [0.2, 0.25) is 0 Å². The molecule has 15 heavy (non-hydrogen) atoms. The summed E-state index contributed by atoms with van der Waals surface area (Å²) in [6.07, 6.45) is 5.31. The lowest BCUT2D eigenvalue weighted by atomic mass is 9.78. The Labute approximate surface area is 92.8 Å². The molecule has 0 unspecified atom stereocenters. The van der Waals surface area contributed by atoms with Gasteiger partial charge in [-0.15, -0.1) is 0 Å². The molecule has 1 heterocycles. The van der Waals surface area contributed by atoms with Crippen molar-refractivity contribution in [2.24, 2.45) is 0 Å². The molecule has 0 bridgehead atoms. The van der Waals surface area contributed by atoms with Crippen LogP contribution in [0.3, 0.4) is 0 Å². The zero-order chi connectivity index (χ0) is 11.7. The highest BCUT2D eigenvalue weighted by Crippen LogP contribution is 2.38. The van der Waals surface area contributed by atoms with E-state index in [0.29, 0.717) is 0 Å². The molecule has 2 nitrogen and oxygen atoms in total. The first-order valence-electron chi connectivity index (χ1n) is 5.15. The van der Waals surface area contributed by atoms with Gasteiger partial charge in [-0.3, -0.25) is 0 Å². The van der Waals surface area contributed by atoms with Crippen molar-refractivity contribution in [3.05, 3.63) is 36.9 Å². The number of hydrogen-bond acceptors (Lipinski definition) is 2. The molecule has 0 atom stereocenters. The van der Waals surface area contributed by atoms with E-state index in [1.807, 2.05) is 33.8 Å². The van der Waals surface area contributed by atoms with Gasteiger partial charge in [0, 0.05) is 0 Å². The summed E-state index contributed by atoms with van der Waals surface area (Å²) in [7, 11) is -0.342. The van der Waals surface area contributed by atoms with Gasteiger partial charge in [-0.05, 0) is 33.2 Å². The third-order valence-electron chi connectivity index (χ3n) is 3.07. The smallest absolute Gasteiger partial charge is 0.399 e. The number of allylic oxidation sites excluding steroid dienone is 4. The maximum absolute atomic E-state index is 5.86. The monoisotopic (exact) mass is 206 g/mol. The molecular formula is C12H19BO2. The van der Waals surface area contributed by atoms with Gasteiger partial charge in [0.05, 0.1) is 11.2 Å². The van der Waals surface area contributed by atoms with Crippen LogP contribution in [0.5, 0.6) is 0 Å². The van der Waals surface area contributed by atoms with Gasteiger partial charge in [0.15, 0.2) is 0 Å². The van der Waals surface area contributed by atoms with Crippen molar-refractivity contribution < 1.29 is 9.31 Å². The Morgan fingerprint density at radius 2 is 1.53 bits per heavy atom. The summed E-state index contributed by atoms with van der Waals surface area (Å²) >= 11 is 0. The zero-order valence-electron chi connectivity index (χ0n) is 10.0. The SMILES string of the molecule is C=C/C=C(\C=C)B1OC(C)(C)C(C)(C)O1. The summed E-state index contributed by atoms with van der Waals surface area (Å²) in [4.78, 5) is 0. The highest BCUT2D eigenvalue weighted by Gasteiger charge is 2.51. The molecule has 0 aromatic heterocycles. The van der Waals surface area contributed by atoms with Gasteiger partial charge in [-0.2, -0.15) is 0 Å². The van der Waals surface area contributed by atoms with E-state index < -0.39 is 0 Å². The first kappa shape index (κ1) is 12.3. The van der Waals surface area contributed by atoms with Crippen molar-refractivity contribution >= 4 is 7.12 Å². The van der Waals surface area contributed by atoms with Crippen LogP contribution in [0.1, 0.15) is 27.7 Å². The van der Waals surface area contributed by atoms with E-state index in [-0.39, 0.29) is 18.3 Å². The van der Waals surface area contributed by atoms with Crippen LogP contribution in [-0.4, -0.2) is 18.3 Å². The fraction of sp³-hybridized carbons (Fsp3) is 0.500. The summed E-state index contributed by atoms with van der Waals surface area (Å²) in [5.41, 5.74) is 0.297. The van der Waals surface area contributed by atoms with Crippen LogP contribution in [0, 0.1) is 0 Å². The minimum Gasteiger partial charge on any atom is -0.399 e. The molecule has 1 aliphatic heterocycles. The van der Waals surface area contributed by atoms with Gasteiger partial charge in [-0.25, -0.2) is 0 Å². The molecule has 3 heteroatoms. The van der Waals surface area contributed by atoms with Crippen LogP contribution in [0.4, 0.5) is 0 Å². The highest BCUT2D eigenvalue weighted by molar-refractivity contribution is 6.55. The predicted molar refractivity (Wildman–Crippen MR) is 64.6 cm³/mol. The third kappa shape index (κ3) is 2.24. The third-order valence-corrected chi connectivity index (χ3v) is 3.07. The summed E-state index contributed by atoms with van der Waals surface area (Å²) in [5.74, 6) is 0. The molecule has 0 aromatic carbocycles. The van der Waals surface area contributed by atoms with Crippen molar-refractivity contribution in [3.63, 3.8) is 0 Å². The van der Waals surface area contributed by atoms with Crippen LogP contribution in [0.25, 0.3) is 0 Å². The molecule has 0 amide bonds. The Bertz CT molecular complexity index is 287. The van der Waals surface area contributed by atoms with Gasteiger partial charge < -0.3 is 9.31 Å². The van der Waals surface area contributed by atoms with E-state index in [0.717, 1.165) is 5.47 Å². The minimum absolute atomic E-state index is 0.305. The van der Waals surface area contributed by atoms with Crippen molar-refractivity contribution in [1.82, 2.24) is 0 Å². The lowest BCUT2D eigenvalue weighted by Gasteiger charge is -2.32. The van der Waals surface area contributed by atoms with Crippen molar-refractivity contribution in [2.75, 3.05) is 0 Å². The molecule has 1 aliphatic rings. The van der Waals surface area contributed by atoms with Gasteiger partial charge in [0.25, 0.3) is 0 Å². The Hall–Kier alpha value is -0.795. The highest BCUT2D eigenvalue weighted by atomic mass is 16.7. The Morgan fingerprint density at radius 1 is 1.07 bits per heavy atom. The largest absolute Gasteiger partial charge is 0.494 e. The van der Waals surface area contributed by atoms with Crippen LogP contribution in [-0.2, 0) is 9.31 Å². The van der Waals surface area contributed by atoms with Crippen molar-refractivity contribution in [2.45, 2.75) is 38.9 Å². The Morgan fingerprint density at radius 3 is 1.87 bits per heavy atom. The lowest BCUT2D eigenvalue weighted by molar-refractivity contribution is 0.00578. The fourth-order valence-corrected chi connectivity index (χ4v) is 1.36. The second kappa shape index (κ2) is 3.99. The summed E-state index contributed by atoms with van der Waals surface area (Å²) in [6.45, 7) is 15.5. The second-order valence-electron chi connectivity index (χ2n) is 4.69. The van der Waals surface area contributed by atoms with E-state index in [2.05, 4.69) is 13.2 Å². The molecule has 1 fully saturated rings. The maximum Gasteiger partial charge on any atom is 0.494 e. The molecule has 0 aliphatic carbocycles. The first-order chi connectivity index (χ1) is 6.84.